The Morgan fingerprint density at radius 3 is 1.61 bits per heavy atom. The molecule has 0 aromatic heterocycles. The van der Waals surface area contributed by atoms with Crippen LogP contribution in [-0.2, 0) is 21.7 Å². The number of anilines is 3. The summed E-state index contributed by atoms with van der Waals surface area (Å²) < 4.78 is 0. The Morgan fingerprint density at radius 2 is 0.887 bits per heavy atom. The van der Waals surface area contributed by atoms with Crippen LogP contribution in [0, 0.1) is 0 Å². The number of nitrogens with zero attached hydrogens (tertiary/aromatic N) is 1. The predicted octanol–water partition coefficient (Wildman–Crippen LogP) is 16.7. The lowest BCUT2D eigenvalue weighted by Gasteiger charge is -2.31. The molecule has 62 heavy (non-hydrogen) atoms. The van der Waals surface area contributed by atoms with Gasteiger partial charge in [-0.05, 0) is 125 Å². The van der Waals surface area contributed by atoms with Gasteiger partial charge in [-0.2, -0.15) is 0 Å². The third-order valence-electron chi connectivity index (χ3n) is 14.8. The zero-order chi connectivity index (χ0) is 42.9. The average molecular weight is 802 g/mol. The van der Waals surface area contributed by atoms with Gasteiger partial charge in [-0.1, -0.05) is 202 Å². The van der Waals surface area contributed by atoms with Gasteiger partial charge in [0.05, 0.1) is 5.69 Å². The molecule has 0 saturated heterocycles. The molecule has 0 N–H and O–H groups in total. The average Bonchev–Trinajstić information content (AvgIpc) is 3.76. The minimum Gasteiger partial charge on any atom is -0.310 e. The van der Waals surface area contributed by atoms with Crippen molar-refractivity contribution < 1.29 is 0 Å². The quantitative estimate of drug-likeness (QED) is 0.168. The molecule has 8 aromatic rings. The van der Waals surface area contributed by atoms with E-state index in [0.29, 0.717) is 0 Å². The maximum Gasteiger partial charge on any atom is 0.0543 e. The number of fused-ring (bicyclic) bond motifs is 9. The first-order valence-electron chi connectivity index (χ1n) is 22.4. The van der Waals surface area contributed by atoms with E-state index < -0.39 is 0 Å². The predicted molar refractivity (Wildman–Crippen MR) is 263 cm³/mol. The molecule has 1 heteroatoms. The minimum absolute atomic E-state index is 0.0726. The van der Waals surface area contributed by atoms with E-state index in [1.165, 1.54) is 112 Å². The Balaban J connectivity index is 1.16. The molecule has 0 bridgehead atoms. The fourth-order valence-corrected chi connectivity index (χ4v) is 11.5. The van der Waals surface area contributed by atoms with Crippen LogP contribution >= 0.6 is 0 Å². The summed E-state index contributed by atoms with van der Waals surface area (Å²) in [6.45, 7) is 21.3. The first kappa shape index (κ1) is 38.5. The van der Waals surface area contributed by atoms with Gasteiger partial charge < -0.3 is 4.90 Å². The molecular weight excluding hydrogens is 747 g/mol. The molecule has 3 aliphatic carbocycles. The van der Waals surface area contributed by atoms with Crippen molar-refractivity contribution in [3.05, 3.63) is 209 Å². The van der Waals surface area contributed by atoms with Gasteiger partial charge in [0.1, 0.15) is 0 Å². The maximum atomic E-state index is 2.56. The van der Waals surface area contributed by atoms with E-state index in [4.69, 9.17) is 0 Å². The zero-order valence-corrected chi connectivity index (χ0v) is 37.6. The highest BCUT2D eigenvalue weighted by Crippen LogP contribution is 2.59. The van der Waals surface area contributed by atoms with Crippen LogP contribution in [0.25, 0.3) is 55.6 Å². The van der Waals surface area contributed by atoms with Crippen molar-refractivity contribution in [3.8, 4) is 55.6 Å². The SMILES string of the molecule is CC(C)(C)c1ccc(-c2ccc(-c3ccccc3)c3c2-c2ccc(N(c4ccc5c(c4)-c4ccccc4C5(C)C)c4cccc5c4-c4ccccc4C5(C)C)cc2C3(C)C)cc1. The van der Waals surface area contributed by atoms with Crippen molar-refractivity contribution in [1.29, 1.82) is 0 Å². The standard InChI is InChI=1S/C61H55N/c1-58(2,3)40-28-26-39(27-29-40)43-33-34-44(38-18-11-10-12-19-38)57-55(43)47-32-30-42(37-53(47)61(57,8)9)62(41-31-35-51-48(36-41)45-20-13-15-22-49(45)59(51,4)5)54-25-17-24-52-56(54)46-21-14-16-23-50(46)60(52,6)7/h10-37H,1-9H3. The van der Waals surface area contributed by atoms with E-state index >= 15 is 0 Å². The minimum atomic E-state index is -0.285. The van der Waals surface area contributed by atoms with Crippen molar-refractivity contribution >= 4 is 17.1 Å². The third kappa shape index (κ3) is 5.46. The smallest absolute Gasteiger partial charge is 0.0543 e. The molecule has 1 nitrogen and oxygen atoms in total. The van der Waals surface area contributed by atoms with Crippen LogP contribution in [0.2, 0.25) is 0 Å². The third-order valence-corrected chi connectivity index (χ3v) is 14.8. The summed E-state index contributed by atoms with van der Waals surface area (Å²) in [4.78, 5) is 2.56. The second-order valence-corrected chi connectivity index (χ2v) is 20.6. The lowest BCUT2D eigenvalue weighted by molar-refractivity contribution is 0.590. The first-order chi connectivity index (χ1) is 29.7. The van der Waals surface area contributed by atoms with Gasteiger partial charge in [0.15, 0.2) is 0 Å². The molecule has 0 atom stereocenters. The largest absolute Gasteiger partial charge is 0.310 e. The fourth-order valence-electron chi connectivity index (χ4n) is 11.5. The normalized spacial score (nSPS) is 15.6. The van der Waals surface area contributed by atoms with Gasteiger partial charge in [-0.15, -0.1) is 0 Å². The summed E-state index contributed by atoms with van der Waals surface area (Å²) in [6, 6.07) is 64.6. The van der Waals surface area contributed by atoms with Crippen LogP contribution in [0.4, 0.5) is 17.1 Å². The Hall–Kier alpha value is -6.44. The van der Waals surface area contributed by atoms with Gasteiger partial charge in [-0.3, -0.25) is 0 Å². The van der Waals surface area contributed by atoms with Crippen molar-refractivity contribution in [1.82, 2.24) is 0 Å². The molecule has 0 fully saturated rings. The number of hydrogen-bond donors (Lipinski definition) is 0. The molecule has 0 saturated carbocycles. The van der Waals surface area contributed by atoms with E-state index in [-0.39, 0.29) is 21.7 Å². The van der Waals surface area contributed by atoms with Crippen LogP contribution in [0.1, 0.15) is 101 Å². The van der Waals surface area contributed by atoms with Crippen molar-refractivity contribution in [2.45, 2.75) is 84.0 Å². The van der Waals surface area contributed by atoms with Crippen LogP contribution < -0.4 is 4.90 Å². The molecule has 0 radical (unpaired) electrons. The van der Waals surface area contributed by atoms with E-state index in [9.17, 15) is 0 Å². The molecule has 0 spiro atoms. The van der Waals surface area contributed by atoms with Crippen LogP contribution in [0.15, 0.2) is 170 Å². The van der Waals surface area contributed by atoms with Crippen LogP contribution in [-0.4, -0.2) is 0 Å². The van der Waals surface area contributed by atoms with E-state index in [1.54, 1.807) is 0 Å². The van der Waals surface area contributed by atoms with Crippen molar-refractivity contribution in [2.24, 2.45) is 0 Å². The van der Waals surface area contributed by atoms with Gasteiger partial charge >= 0.3 is 0 Å². The molecule has 8 aromatic carbocycles. The summed E-state index contributed by atoms with van der Waals surface area (Å²) in [5, 5.41) is 0. The number of rotatable bonds is 5. The highest BCUT2D eigenvalue weighted by atomic mass is 15.1. The molecule has 11 rings (SSSR count). The van der Waals surface area contributed by atoms with Gasteiger partial charge in [0.25, 0.3) is 0 Å². The second-order valence-electron chi connectivity index (χ2n) is 20.6. The van der Waals surface area contributed by atoms with E-state index in [0.717, 1.165) is 0 Å². The monoisotopic (exact) mass is 801 g/mol. The first-order valence-corrected chi connectivity index (χ1v) is 22.4. The van der Waals surface area contributed by atoms with Crippen molar-refractivity contribution in [2.75, 3.05) is 4.90 Å². The molecule has 3 aliphatic rings. The Bertz CT molecular complexity index is 3110. The second kappa shape index (κ2) is 13.3. The Labute approximate surface area is 368 Å². The van der Waals surface area contributed by atoms with Crippen LogP contribution in [0.5, 0.6) is 0 Å². The molecule has 0 heterocycles. The molecule has 304 valence electrons. The lowest BCUT2D eigenvalue weighted by Crippen LogP contribution is -2.18. The number of hydrogen-bond acceptors (Lipinski definition) is 1. The van der Waals surface area contributed by atoms with E-state index in [2.05, 4.69) is 237 Å². The van der Waals surface area contributed by atoms with Gasteiger partial charge in [0.2, 0.25) is 0 Å². The summed E-state index contributed by atoms with van der Waals surface area (Å²) in [5.41, 5.74) is 25.9. The zero-order valence-electron chi connectivity index (χ0n) is 37.6. The summed E-state index contributed by atoms with van der Waals surface area (Å²) in [7, 11) is 0. The van der Waals surface area contributed by atoms with Gasteiger partial charge in [0, 0.05) is 33.2 Å². The summed E-state index contributed by atoms with van der Waals surface area (Å²) in [6.07, 6.45) is 0. The Morgan fingerprint density at radius 1 is 0.355 bits per heavy atom. The number of benzene rings is 8. The highest BCUT2D eigenvalue weighted by molar-refractivity contribution is 6.00. The van der Waals surface area contributed by atoms with Crippen LogP contribution in [0.3, 0.4) is 0 Å². The summed E-state index contributed by atoms with van der Waals surface area (Å²) >= 11 is 0. The topological polar surface area (TPSA) is 3.24 Å². The molecular formula is C61H55N. The van der Waals surface area contributed by atoms with Crippen molar-refractivity contribution in [3.63, 3.8) is 0 Å². The highest BCUT2D eigenvalue weighted by Gasteiger charge is 2.42. The summed E-state index contributed by atoms with van der Waals surface area (Å²) in [5.74, 6) is 0. The lowest BCUT2D eigenvalue weighted by atomic mass is 9.77. The van der Waals surface area contributed by atoms with E-state index in [1.807, 2.05) is 0 Å². The molecule has 0 unspecified atom stereocenters. The molecule has 0 amide bonds. The maximum absolute atomic E-state index is 2.56. The Kier molecular flexibility index (Phi) is 8.24. The van der Waals surface area contributed by atoms with Gasteiger partial charge in [-0.25, -0.2) is 0 Å². The molecule has 0 aliphatic heterocycles. The fraction of sp³-hybridized carbons (Fsp3) is 0.213.